The number of carbonyl (C=O) groups is 3. The molecule has 2 N–H and O–H groups in total. The molecule has 146 valence electrons. The number of nitrogens with one attached hydrogen (secondary N) is 2. The molecule has 0 radical (unpaired) electrons. The number of fused-ring (bicyclic) bond motifs is 1. The predicted molar refractivity (Wildman–Crippen MR) is 98.8 cm³/mol. The van der Waals surface area contributed by atoms with E-state index in [2.05, 4.69) is 10.6 Å². The van der Waals surface area contributed by atoms with Crippen molar-refractivity contribution in [2.24, 2.45) is 5.92 Å². The maximum atomic E-state index is 12.5. The Morgan fingerprint density at radius 3 is 2.74 bits per heavy atom. The van der Waals surface area contributed by atoms with Crippen LogP contribution in [0.15, 0.2) is 18.2 Å². The number of nitrogens with zero attached hydrogens (tertiary/aromatic N) is 1. The number of amides is 3. The highest BCUT2D eigenvalue weighted by Crippen LogP contribution is 2.35. The number of rotatable bonds is 6. The minimum atomic E-state index is -0.637. The summed E-state index contributed by atoms with van der Waals surface area (Å²) in [5.41, 5.74) is 0.674. The highest BCUT2D eigenvalue weighted by Gasteiger charge is 2.36. The minimum Gasteiger partial charge on any atom is -0.486 e. The van der Waals surface area contributed by atoms with Gasteiger partial charge in [0.2, 0.25) is 17.7 Å². The molecule has 0 aliphatic carbocycles. The van der Waals surface area contributed by atoms with Crippen molar-refractivity contribution in [2.45, 2.75) is 32.7 Å². The largest absolute Gasteiger partial charge is 0.486 e. The van der Waals surface area contributed by atoms with Crippen molar-refractivity contribution in [3.05, 3.63) is 18.2 Å². The molecular weight excluding hydrogens is 350 g/mol. The van der Waals surface area contributed by atoms with Crippen molar-refractivity contribution in [2.75, 3.05) is 31.2 Å². The fourth-order valence-corrected chi connectivity index (χ4v) is 3.13. The normalized spacial score (nSPS) is 19.6. The Kier molecular flexibility index (Phi) is 5.83. The minimum absolute atomic E-state index is 0.115. The van der Waals surface area contributed by atoms with Crippen LogP contribution in [0.4, 0.5) is 5.69 Å². The van der Waals surface area contributed by atoms with Crippen molar-refractivity contribution < 1.29 is 23.9 Å². The van der Waals surface area contributed by atoms with E-state index in [0.29, 0.717) is 36.9 Å². The molecule has 2 aliphatic heterocycles. The molecule has 2 aliphatic rings. The first-order chi connectivity index (χ1) is 13.0. The summed E-state index contributed by atoms with van der Waals surface area (Å²) in [5, 5.41) is 5.44. The smallest absolute Gasteiger partial charge is 0.242 e. The van der Waals surface area contributed by atoms with Crippen molar-refractivity contribution in [3.63, 3.8) is 0 Å². The second-order valence-corrected chi connectivity index (χ2v) is 6.75. The van der Waals surface area contributed by atoms with Gasteiger partial charge in [-0.2, -0.15) is 0 Å². The fraction of sp³-hybridized carbons (Fsp3) is 0.526. The van der Waals surface area contributed by atoms with Crippen LogP contribution in [0.1, 0.15) is 26.7 Å². The number of anilines is 1. The molecule has 3 amide bonds. The summed E-state index contributed by atoms with van der Waals surface area (Å²) < 4.78 is 11.0. The quantitative estimate of drug-likeness (QED) is 0.768. The van der Waals surface area contributed by atoms with E-state index in [4.69, 9.17) is 9.47 Å². The SMILES string of the molecule is CCCNC(=O)[C@H](C)NC(=O)[C@@H]1CC(=O)N(c2ccc3c(c2)OCCO3)C1. The summed E-state index contributed by atoms with van der Waals surface area (Å²) in [6.07, 6.45) is 0.942. The van der Waals surface area contributed by atoms with Gasteiger partial charge in [0.25, 0.3) is 0 Å². The molecule has 0 unspecified atom stereocenters. The lowest BCUT2D eigenvalue weighted by Crippen LogP contribution is -2.47. The van der Waals surface area contributed by atoms with Crippen LogP contribution in [-0.4, -0.2) is 50.1 Å². The third-order valence-electron chi connectivity index (χ3n) is 4.63. The van der Waals surface area contributed by atoms with Gasteiger partial charge in [0, 0.05) is 31.3 Å². The van der Waals surface area contributed by atoms with Gasteiger partial charge in [0.15, 0.2) is 11.5 Å². The van der Waals surface area contributed by atoms with Gasteiger partial charge >= 0.3 is 0 Å². The topological polar surface area (TPSA) is 97.0 Å². The Balaban J connectivity index is 1.61. The van der Waals surface area contributed by atoms with Gasteiger partial charge in [-0.05, 0) is 25.5 Å². The maximum absolute atomic E-state index is 12.5. The third-order valence-corrected chi connectivity index (χ3v) is 4.63. The third kappa shape index (κ3) is 4.32. The Morgan fingerprint density at radius 1 is 1.26 bits per heavy atom. The van der Waals surface area contributed by atoms with Gasteiger partial charge in [0.05, 0.1) is 5.92 Å². The summed E-state index contributed by atoms with van der Waals surface area (Å²) >= 11 is 0. The van der Waals surface area contributed by atoms with Crippen LogP contribution in [0.3, 0.4) is 0 Å². The fourth-order valence-electron chi connectivity index (χ4n) is 3.13. The lowest BCUT2D eigenvalue weighted by atomic mass is 10.1. The molecule has 0 spiro atoms. The molecule has 0 saturated carbocycles. The molecular formula is C19H25N3O5. The van der Waals surface area contributed by atoms with E-state index in [0.717, 1.165) is 6.42 Å². The molecule has 2 heterocycles. The molecule has 8 nitrogen and oxygen atoms in total. The zero-order chi connectivity index (χ0) is 19.4. The van der Waals surface area contributed by atoms with E-state index >= 15 is 0 Å². The van der Waals surface area contributed by atoms with Crippen LogP contribution in [0.2, 0.25) is 0 Å². The van der Waals surface area contributed by atoms with E-state index in [1.807, 2.05) is 6.92 Å². The van der Waals surface area contributed by atoms with Crippen LogP contribution >= 0.6 is 0 Å². The molecule has 2 atom stereocenters. The van der Waals surface area contributed by atoms with Crippen molar-refractivity contribution in [3.8, 4) is 11.5 Å². The zero-order valence-corrected chi connectivity index (χ0v) is 15.6. The molecule has 0 bridgehead atoms. The number of hydrogen-bond donors (Lipinski definition) is 2. The molecule has 1 fully saturated rings. The Labute approximate surface area is 158 Å². The highest BCUT2D eigenvalue weighted by atomic mass is 16.6. The first-order valence-electron chi connectivity index (χ1n) is 9.27. The second-order valence-electron chi connectivity index (χ2n) is 6.75. The van der Waals surface area contributed by atoms with Gasteiger partial charge in [-0.15, -0.1) is 0 Å². The van der Waals surface area contributed by atoms with Gasteiger partial charge in [-0.1, -0.05) is 6.92 Å². The molecule has 1 aromatic carbocycles. The first kappa shape index (κ1) is 19.0. The van der Waals surface area contributed by atoms with Crippen LogP contribution in [-0.2, 0) is 14.4 Å². The number of hydrogen-bond acceptors (Lipinski definition) is 5. The van der Waals surface area contributed by atoms with E-state index in [1.54, 1.807) is 30.0 Å². The lowest BCUT2D eigenvalue weighted by molar-refractivity contribution is -0.130. The van der Waals surface area contributed by atoms with E-state index in [1.165, 1.54) is 0 Å². The Hall–Kier alpha value is -2.77. The number of benzene rings is 1. The average molecular weight is 375 g/mol. The standard InChI is InChI=1S/C19H25N3O5/c1-3-6-20-18(24)12(2)21-19(25)13-9-17(23)22(11-13)14-4-5-15-16(10-14)27-8-7-26-15/h4-5,10,12-13H,3,6-9,11H2,1-2H3,(H,20,24)(H,21,25)/t12-,13+/m0/s1. The molecule has 27 heavy (non-hydrogen) atoms. The Morgan fingerprint density at radius 2 is 2.00 bits per heavy atom. The maximum Gasteiger partial charge on any atom is 0.242 e. The summed E-state index contributed by atoms with van der Waals surface area (Å²) in [6.45, 7) is 5.40. The average Bonchev–Trinajstić information content (AvgIpc) is 3.07. The second kappa shape index (κ2) is 8.28. The summed E-state index contributed by atoms with van der Waals surface area (Å²) in [6, 6.07) is 4.67. The van der Waals surface area contributed by atoms with Gasteiger partial charge in [-0.25, -0.2) is 0 Å². The highest BCUT2D eigenvalue weighted by molar-refractivity contribution is 6.01. The molecule has 0 aromatic heterocycles. The van der Waals surface area contributed by atoms with Crippen LogP contribution in [0.25, 0.3) is 0 Å². The molecule has 1 saturated heterocycles. The molecule has 8 heteroatoms. The van der Waals surface area contributed by atoms with Crippen molar-refractivity contribution >= 4 is 23.4 Å². The molecule has 1 aromatic rings. The summed E-state index contributed by atoms with van der Waals surface area (Å²) in [4.78, 5) is 38.4. The van der Waals surface area contributed by atoms with E-state index < -0.39 is 12.0 Å². The lowest BCUT2D eigenvalue weighted by Gasteiger charge is -2.22. The predicted octanol–water partition coefficient (Wildman–Crippen LogP) is 0.842. The van der Waals surface area contributed by atoms with Crippen molar-refractivity contribution in [1.29, 1.82) is 0 Å². The van der Waals surface area contributed by atoms with Crippen molar-refractivity contribution in [1.82, 2.24) is 10.6 Å². The summed E-state index contributed by atoms with van der Waals surface area (Å²) in [5.74, 6) is 0.112. The zero-order valence-electron chi connectivity index (χ0n) is 15.6. The van der Waals surface area contributed by atoms with Gasteiger partial charge < -0.3 is 25.0 Å². The van der Waals surface area contributed by atoms with Gasteiger partial charge in [-0.3, -0.25) is 14.4 Å². The summed E-state index contributed by atoms with van der Waals surface area (Å²) in [7, 11) is 0. The van der Waals surface area contributed by atoms with Crippen LogP contribution in [0.5, 0.6) is 11.5 Å². The molecule has 3 rings (SSSR count). The Bertz CT molecular complexity index is 736. The number of carbonyl (C=O) groups excluding carboxylic acids is 3. The first-order valence-corrected chi connectivity index (χ1v) is 9.27. The number of ether oxygens (including phenoxy) is 2. The van der Waals surface area contributed by atoms with Crippen LogP contribution in [0, 0.1) is 5.92 Å². The monoisotopic (exact) mass is 375 g/mol. The van der Waals surface area contributed by atoms with Gasteiger partial charge in [0.1, 0.15) is 19.3 Å². The van der Waals surface area contributed by atoms with E-state index in [9.17, 15) is 14.4 Å². The van der Waals surface area contributed by atoms with Crippen LogP contribution < -0.4 is 25.0 Å². The van der Waals surface area contributed by atoms with E-state index in [-0.39, 0.29) is 30.7 Å².